The summed E-state index contributed by atoms with van der Waals surface area (Å²) in [4.78, 5) is 11.0. The fraction of sp³-hybridized carbons (Fsp3) is 0.278. The number of carbonyl (C=O) groups excluding carboxylic acids is 1. The standard InChI is InChI=1S/C18H18O3/c1-13-3-2-4-16(12-19)18(13)21-9-7-14-5-6-17-15(11-14)8-10-20-17/h2-6,11-12H,7-10H2,1H3. The Morgan fingerprint density at radius 2 is 2.19 bits per heavy atom. The maximum Gasteiger partial charge on any atom is 0.153 e. The lowest BCUT2D eigenvalue weighted by Gasteiger charge is -2.11. The molecule has 3 nitrogen and oxygen atoms in total. The highest BCUT2D eigenvalue weighted by Crippen LogP contribution is 2.26. The molecule has 0 bridgehead atoms. The minimum absolute atomic E-state index is 0.561. The van der Waals surface area contributed by atoms with Gasteiger partial charge in [-0.1, -0.05) is 24.3 Å². The van der Waals surface area contributed by atoms with Crippen molar-refractivity contribution in [1.29, 1.82) is 0 Å². The molecule has 0 saturated carbocycles. The molecule has 0 fully saturated rings. The Labute approximate surface area is 124 Å². The van der Waals surface area contributed by atoms with Gasteiger partial charge in [-0.15, -0.1) is 0 Å². The van der Waals surface area contributed by atoms with E-state index < -0.39 is 0 Å². The Balaban J connectivity index is 1.65. The van der Waals surface area contributed by atoms with Crippen molar-refractivity contribution in [1.82, 2.24) is 0 Å². The van der Waals surface area contributed by atoms with Crippen LogP contribution in [0.4, 0.5) is 0 Å². The summed E-state index contributed by atoms with van der Waals surface area (Å²) < 4.78 is 11.3. The first-order valence-electron chi connectivity index (χ1n) is 7.20. The van der Waals surface area contributed by atoms with Gasteiger partial charge in [-0.2, -0.15) is 0 Å². The number of hydrogen-bond acceptors (Lipinski definition) is 3. The molecule has 3 heteroatoms. The van der Waals surface area contributed by atoms with Crippen LogP contribution in [0.25, 0.3) is 0 Å². The van der Waals surface area contributed by atoms with Gasteiger partial charge in [-0.05, 0) is 35.7 Å². The lowest BCUT2D eigenvalue weighted by molar-refractivity contribution is 0.111. The Hall–Kier alpha value is -2.29. The zero-order valence-corrected chi connectivity index (χ0v) is 12.1. The Kier molecular flexibility index (Phi) is 3.91. The molecule has 1 heterocycles. The fourth-order valence-corrected chi connectivity index (χ4v) is 2.63. The normalized spacial score (nSPS) is 12.6. The highest BCUT2D eigenvalue weighted by molar-refractivity contribution is 5.80. The topological polar surface area (TPSA) is 35.5 Å². The van der Waals surface area contributed by atoms with Gasteiger partial charge in [-0.3, -0.25) is 4.79 Å². The van der Waals surface area contributed by atoms with Gasteiger partial charge in [0.2, 0.25) is 0 Å². The molecule has 108 valence electrons. The summed E-state index contributed by atoms with van der Waals surface area (Å²) in [6, 6.07) is 11.9. The lowest BCUT2D eigenvalue weighted by atomic mass is 10.1. The van der Waals surface area contributed by atoms with E-state index in [-0.39, 0.29) is 0 Å². The van der Waals surface area contributed by atoms with E-state index >= 15 is 0 Å². The predicted molar refractivity (Wildman–Crippen MR) is 81.4 cm³/mol. The third kappa shape index (κ3) is 2.92. The van der Waals surface area contributed by atoms with E-state index in [9.17, 15) is 4.79 Å². The quantitative estimate of drug-likeness (QED) is 0.789. The predicted octanol–water partition coefficient (Wildman–Crippen LogP) is 3.36. The maximum absolute atomic E-state index is 11.0. The van der Waals surface area contributed by atoms with Crippen molar-refractivity contribution in [3.63, 3.8) is 0 Å². The summed E-state index contributed by atoms with van der Waals surface area (Å²) in [7, 11) is 0. The van der Waals surface area contributed by atoms with Crippen LogP contribution in [0.1, 0.15) is 27.0 Å². The molecule has 0 radical (unpaired) electrons. The first kappa shape index (κ1) is 13.7. The highest BCUT2D eigenvalue weighted by atomic mass is 16.5. The Bertz CT molecular complexity index is 662. The third-order valence-corrected chi connectivity index (χ3v) is 3.76. The average Bonchev–Trinajstić information content (AvgIpc) is 2.96. The summed E-state index contributed by atoms with van der Waals surface area (Å²) in [5.41, 5.74) is 4.11. The van der Waals surface area contributed by atoms with Crippen molar-refractivity contribution >= 4 is 6.29 Å². The summed E-state index contributed by atoms with van der Waals surface area (Å²) in [6.45, 7) is 3.29. The van der Waals surface area contributed by atoms with Gasteiger partial charge in [0.05, 0.1) is 18.8 Å². The number of fused-ring (bicyclic) bond motifs is 1. The van der Waals surface area contributed by atoms with Gasteiger partial charge >= 0.3 is 0 Å². The molecule has 0 unspecified atom stereocenters. The first-order chi connectivity index (χ1) is 10.3. The molecule has 2 aromatic rings. The van der Waals surface area contributed by atoms with E-state index in [1.165, 1.54) is 11.1 Å². The number of rotatable bonds is 5. The van der Waals surface area contributed by atoms with Gasteiger partial charge in [0.1, 0.15) is 11.5 Å². The number of aldehydes is 1. The van der Waals surface area contributed by atoms with Crippen molar-refractivity contribution in [2.45, 2.75) is 19.8 Å². The van der Waals surface area contributed by atoms with Crippen LogP contribution in [0.2, 0.25) is 0 Å². The van der Waals surface area contributed by atoms with Crippen LogP contribution < -0.4 is 9.47 Å². The highest BCUT2D eigenvalue weighted by Gasteiger charge is 2.12. The zero-order chi connectivity index (χ0) is 14.7. The molecular weight excluding hydrogens is 264 g/mol. The zero-order valence-electron chi connectivity index (χ0n) is 12.1. The maximum atomic E-state index is 11.0. The third-order valence-electron chi connectivity index (χ3n) is 3.76. The summed E-state index contributed by atoms with van der Waals surface area (Å²) in [5, 5.41) is 0. The summed E-state index contributed by atoms with van der Waals surface area (Å²) in [6.07, 6.45) is 2.64. The molecular formula is C18H18O3. The fourth-order valence-electron chi connectivity index (χ4n) is 2.63. The summed E-state index contributed by atoms with van der Waals surface area (Å²) >= 11 is 0. The largest absolute Gasteiger partial charge is 0.493 e. The van der Waals surface area contributed by atoms with Crippen LogP contribution >= 0.6 is 0 Å². The molecule has 0 N–H and O–H groups in total. The molecule has 0 spiro atoms. The van der Waals surface area contributed by atoms with Crippen molar-refractivity contribution in [3.05, 3.63) is 58.7 Å². The smallest absolute Gasteiger partial charge is 0.153 e. The van der Waals surface area contributed by atoms with Crippen LogP contribution in [0.3, 0.4) is 0 Å². The van der Waals surface area contributed by atoms with Crippen LogP contribution in [0, 0.1) is 6.92 Å². The van der Waals surface area contributed by atoms with Gasteiger partial charge in [0, 0.05) is 12.8 Å². The molecule has 3 rings (SSSR count). The molecule has 1 aliphatic heterocycles. The van der Waals surface area contributed by atoms with Gasteiger partial charge in [-0.25, -0.2) is 0 Å². The van der Waals surface area contributed by atoms with E-state index in [1.807, 2.05) is 25.1 Å². The lowest BCUT2D eigenvalue weighted by Crippen LogP contribution is -2.04. The molecule has 0 amide bonds. The van der Waals surface area contributed by atoms with Gasteiger partial charge in [0.25, 0.3) is 0 Å². The number of ether oxygens (including phenoxy) is 2. The Morgan fingerprint density at radius 1 is 1.29 bits per heavy atom. The van der Waals surface area contributed by atoms with E-state index in [4.69, 9.17) is 9.47 Å². The number of para-hydroxylation sites is 1. The van der Waals surface area contributed by atoms with Crippen LogP contribution in [0.5, 0.6) is 11.5 Å². The van der Waals surface area contributed by atoms with Crippen molar-refractivity contribution in [3.8, 4) is 11.5 Å². The number of aryl methyl sites for hydroxylation is 1. The van der Waals surface area contributed by atoms with Crippen molar-refractivity contribution in [2.24, 2.45) is 0 Å². The minimum atomic E-state index is 0.561. The second-order valence-electron chi connectivity index (χ2n) is 5.25. The molecule has 1 aliphatic rings. The number of hydrogen-bond donors (Lipinski definition) is 0. The number of carbonyl (C=O) groups is 1. The molecule has 0 saturated heterocycles. The first-order valence-corrected chi connectivity index (χ1v) is 7.20. The molecule has 0 atom stereocenters. The minimum Gasteiger partial charge on any atom is -0.493 e. The van der Waals surface area contributed by atoms with E-state index in [1.54, 1.807) is 6.07 Å². The van der Waals surface area contributed by atoms with Gasteiger partial charge in [0.15, 0.2) is 6.29 Å². The van der Waals surface area contributed by atoms with Crippen molar-refractivity contribution < 1.29 is 14.3 Å². The molecule has 2 aromatic carbocycles. The molecule has 0 aromatic heterocycles. The van der Waals surface area contributed by atoms with Crippen LogP contribution in [-0.2, 0) is 12.8 Å². The average molecular weight is 282 g/mol. The SMILES string of the molecule is Cc1cccc(C=O)c1OCCc1ccc2c(c1)CCO2. The summed E-state index contributed by atoms with van der Waals surface area (Å²) in [5.74, 6) is 1.69. The molecule has 0 aliphatic carbocycles. The Morgan fingerprint density at radius 3 is 3.05 bits per heavy atom. The van der Waals surface area contributed by atoms with E-state index in [2.05, 4.69) is 12.1 Å². The van der Waals surface area contributed by atoms with Crippen molar-refractivity contribution in [2.75, 3.05) is 13.2 Å². The molecule has 21 heavy (non-hydrogen) atoms. The van der Waals surface area contributed by atoms with E-state index in [0.717, 1.165) is 37.0 Å². The van der Waals surface area contributed by atoms with Gasteiger partial charge < -0.3 is 9.47 Å². The number of benzene rings is 2. The van der Waals surface area contributed by atoms with Crippen LogP contribution in [-0.4, -0.2) is 19.5 Å². The van der Waals surface area contributed by atoms with Crippen LogP contribution in [0.15, 0.2) is 36.4 Å². The second-order valence-corrected chi connectivity index (χ2v) is 5.25. The van der Waals surface area contributed by atoms with E-state index in [0.29, 0.717) is 17.9 Å². The monoisotopic (exact) mass is 282 g/mol. The second kappa shape index (κ2) is 6.00.